The second-order valence-corrected chi connectivity index (χ2v) is 8.04. The van der Waals surface area contributed by atoms with Crippen LogP contribution in [-0.2, 0) is 9.53 Å². The molecule has 0 saturated carbocycles. The molecular weight excluding hydrogens is 451 g/mol. The molecule has 3 N–H and O–H groups in total. The summed E-state index contributed by atoms with van der Waals surface area (Å²) in [6.45, 7) is 1.68. The summed E-state index contributed by atoms with van der Waals surface area (Å²) < 4.78 is 18.9. The van der Waals surface area contributed by atoms with E-state index in [2.05, 4.69) is 22.8 Å². The Kier molecular flexibility index (Phi) is 6.91. The van der Waals surface area contributed by atoms with Gasteiger partial charge in [0.05, 0.1) is 11.3 Å². The quantitative estimate of drug-likeness (QED) is 0.421. The van der Waals surface area contributed by atoms with E-state index in [1.54, 1.807) is 0 Å². The number of rotatable bonds is 7. The number of nitrogens with one attached hydrogen (secondary N) is 2. The summed E-state index contributed by atoms with van der Waals surface area (Å²) in [6.07, 6.45) is 0.825. The second-order valence-electron chi connectivity index (χ2n) is 8.04. The summed E-state index contributed by atoms with van der Waals surface area (Å²) >= 11 is 0. The summed E-state index contributed by atoms with van der Waals surface area (Å²) in [5, 5.41) is 14.1. The lowest BCUT2D eigenvalue weighted by atomic mass is 9.98. The number of carboxylic acid groups (broad SMARTS) is 1. The molecule has 0 aliphatic heterocycles. The van der Waals surface area contributed by atoms with E-state index in [1.165, 1.54) is 13.0 Å². The summed E-state index contributed by atoms with van der Waals surface area (Å²) in [5.74, 6) is -2.65. The van der Waals surface area contributed by atoms with Crippen LogP contribution in [0.5, 0.6) is 0 Å². The van der Waals surface area contributed by atoms with E-state index in [1.807, 2.05) is 36.4 Å². The molecule has 0 radical (unpaired) electrons. The van der Waals surface area contributed by atoms with Gasteiger partial charge in [0.1, 0.15) is 12.4 Å². The highest BCUT2D eigenvalue weighted by Gasteiger charge is 2.28. The number of hydrogen-bond acceptors (Lipinski definition) is 4. The minimum absolute atomic E-state index is 0.0187. The third-order valence-corrected chi connectivity index (χ3v) is 5.82. The van der Waals surface area contributed by atoms with Crippen LogP contribution < -0.4 is 10.6 Å². The molecule has 3 aromatic rings. The highest BCUT2D eigenvalue weighted by atomic mass is 19.1. The summed E-state index contributed by atoms with van der Waals surface area (Å²) in [7, 11) is 0. The van der Waals surface area contributed by atoms with Gasteiger partial charge in [0.2, 0.25) is 0 Å². The first-order valence-electron chi connectivity index (χ1n) is 10.9. The van der Waals surface area contributed by atoms with Crippen molar-refractivity contribution >= 4 is 23.7 Å². The van der Waals surface area contributed by atoms with E-state index >= 15 is 0 Å². The van der Waals surface area contributed by atoms with E-state index in [0.717, 1.165) is 40.5 Å². The van der Waals surface area contributed by atoms with Crippen molar-refractivity contribution < 1.29 is 28.6 Å². The second kappa shape index (κ2) is 10.2. The van der Waals surface area contributed by atoms with Crippen LogP contribution in [0.4, 0.5) is 14.9 Å². The molecule has 0 aromatic heterocycles. The predicted octanol–water partition coefficient (Wildman–Crippen LogP) is 4.95. The average Bonchev–Trinajstić information content (AvgIpc) is 3.16. The average molecular weight is 474 g/mol. The number of alkyl carbamates (subject to hydrolysis) is 1. The van der Waals surface area contributed by atoms with Crippen LogP contribution in [0.3, 0.4) is 0 Å². The van der Waals surface area contributed by atoms with Gasteiger partial charge in [-0.1, -0.05) is 54.6 Å². The molecule has 1 aliphatic rings. The molecule has 3 aromatic carbocycles. The lowest BCUT2D eigenvalue weighted by Gasteiger charge is -2.14. The molecule has 0 atom stereocenters. The number of anilines is 1. The van der Waals surface area contributed by atoms with Crippen LogP contribution in [0.2, 0.25) is 0 Å². The fourth-order valence-corrected chi connectivity index (χ4v) is 4.06. The summed E-state index contributed by atoms with van der Waals surface area (Å²) in [5.41, 5.74) is 4.30. The molecule has 0 unspecified atom stereocenters. The first kappa shape index (κ1) is 23.7. The van der Waals surface area contributed by atoms with Crippen LogP contribution in [0.1, 0.15) is 34.3 Å². The normalized spacial score (nSPS) is 12.5. The van der Waals surface area contributed by atoms with Crippen LogP contribution in [-0.4, -0.2) is 36.2 Å². The Morgan fingerprint density at radius 2 is 1.63 bits per heavy atom. The monoisotopic (exact) mass is 474 g/mol. The van der Waals surface area contributed by atoms with Gasteiger partial charge in [0.15, 0.2) is 0 Å². The van der Waals surface area contributed by atoms with Crippen molar-refractivity contribution in [2.24, 2.45) is 0 Å². The standard InChI is InChI=1S/C27H23FN2O5/c1-16(25(31)30-24-14-17(28)10-11-22(24)26(32)33)12-13-29-27(34)35-15-23-20-8-4-2-6-18(20)19-7-3-5-9-21(19)23/h2-12,14,23H,13,15H2,1H3,(H,29,34)(H,30,31)(H,32,33)/b16-12+. The van der Waals surface area contributed by atoms with Crippen molar-refractivity contribution in [3.05, 3.63) is 101 Å². The van der Waals surface area contributed by atoms with Crippen molar-refractivity contribution in [2.45, 2.75) is 12.8 Å². The van der Waals surface area contributed by atoms with Crippen LogP contribution in [0.25, 0.3) is 11.1 Å². The predicted molar refractivity (Wildman–Crippen MR) is 129 cm³/mol. The van der Waals surface area contributed by atoms with E-state index in [0.29, 0.717) is 0 Å². The van der Waals surface area contributed by atoms with Crippen molar-refractivity contribution in [2.75, 3.05) is 18.5 Å². The van der Waals surface area contributed by atoms with Crippen molar-refractivity contribution in [1.82, 2.24) is 5.32 Å². The third-order valence-electron chi connectivity index (χ3n) is 5.82. The largest absolute Gasteiger partial charge is 0.478 e. The zero-order chi connectivity index (χ0) is 24.9. The molecule has 178 valence electrons. The van der Waals surface area contributed by atoms with E-state index in [4.69, 9.17) is 4.74 Å². The van der Waals surface area contributed by atoms with Crippen LogP contribution in [0, 0.1) is 5.82 Å². The molecule has 7 nitrogen and oxygen atoms in total. The number of carboxylic acids is 1. The van der Waals surface area contributed by atoms with Crippen molar-refractivity contribution in [3.63, 3.8) is 0 Å². The number of ether oxygens (including phenoxy) is 1. The van der Waals surface area contributed by atoms with Crippen molar-refractivity contribution in [3.8, 4) is 11.1 Å². The topological polar surface area (TPSA) is 105 Å². The fourth-order valence-electron chi connectivity index (χ4n) is 4.06. The van der Waals surface area contributed by atoms with Gasteiger partial charge in [-0.25, -0.2) is 14.0 Å². The van der Waals surface area contributed by atoms with Gasteiger partial charge < -0.3 is 20.5 Å². The minimum atomic E-state index is -1.29. The maximum atomic E-state index is 13.5. The maximum Gasteiger partial charge on any atom is 0.407 e. The number of carbonyl (C=O) groups excluding carboxylic acids is 2. The maximum absolute atomic E-state index is 13.5. The number of fused-ring (bicyclic) bond motifs is 3. The molecule has 0 spiro atoms. The van der Waals surface area contributed by atoms with Gasteiger partial charge in [-0.2, -0.15) is 0 Å². The Balaban J connectivity index is 1.32. The molecule has 4 rings (SSSR count). The first-order chi connectivity index (χ1) is 16.8. The SMILES string of the molecule is C/C(=C\CNC(=O)OCC1c2ccccc2-c2ccccc21)C(=O)Nc1cc(F)ccc1C(=O)O. The minimum Gasteiger partial charge on any atom is -0.478 e. The summed E-state index contributed by atoms with van der Waals surface area (Å²) in [6, 6.07) is 19.0. The Morgan fingerprint density at radius 3 is 2.26 bits per heavy atom. The molecule has 8 heteroatoms. The third kappa shape index (κ3) is 5.22. The lowest BCUT2D eigenvalue weighted by Crippen LogP contribution is -2.27. The Labute approximate surface area is 201 Å². The van der Waals surface area contributed by atoms with Crippen molar-refractivity contribution in [1.29, 1.82) is 0 Å². The van der Waals surface area contributed by atoms with Crippen LogP contribution >= 0.6 is 0 Å². The van der Waals surface area contributed by atoms with Gasteiger partial charge in [-0.05, 0) is 47.4 Å². The number of aromatic carboxylic acids is 1. The number of hydrogen-bond donors (Lipinski definition) is 3. The molecule has 35 heavy (non-hydrogen) atoms. The smallest absolute Gasteiger partial charge is 0.407 e. The van der Waals surface area contributed by atoms with Gasteiger partial charge in [0.25, 0.3) is 5.91 Å². The van der Waals surface area contributed by atoms with Gasteiger partial charge >= 0.3 is 12.1 Å². The molecular formula is C27H23FN2O5. The molecule has 0 heterocycles. The van der Waals surface area contributed by atoms with Crippen LogP contribution in [0.15, 0.2) is 78.4 Å². The Bertz CT molecular complexity index is 1290. The lowest BCUT2D eigenvalue weighted by molar-refractivity contribution is -0.112. The van der Waals surface area contributed by atoms with E-state index in [-0.39, 0.29) is 35.9 Å². The molecule has 1 aliphatic carbocycles. The Morgan fingerprint density at radius 1 is 1.00 bits per heavy atom. The van der Waals surface area contributed by atoms with Gasteiger partial charge in [0, 0.05) is 18.0 Å². The van der Waals surface area contributed by atoms with E-state index in [9.17, 15) is 23.9 Å². The Hall–Kier alpha value is -4.46. The highest BCUT2D eigenvalue weighted by molar-refractivity contribution is 6.07. The van der Waals surface area contributed by atoms with E-state index < -0.39 is 23.8 Å². The zero-order valence-electron chi connectivity index (χ0n) is 18.9. The van der Waals surface area contributed by atoms with Gasteiger partial charge in [-0.3, -0.25) is 4.79 Å². The molecule has 2 amide bonds. The highest BCUT2D eigenvalue weighted by Crippen LogP contribution is 2.44. The number of amides is 2. The zero-order valence-corrected chi connectivity index (χ0v) is 18.9. The summed E-state index contributed by atoms with van der Waals surface area (Å²) in [4.78, 5) is 35.9. The number of benzene rings is 3. The molecule has 0 bridgehead atoms. The fraction of sp³-hybridized carbons (Fsp3) is 0.148. The molecule has 0 saturated heterocycles. The molecule has 0 fully saturated rings. The number of carbonyl (C=O) groups is 3. The number of halogens is 1. The first-order valence-corrected chi connectivity index (χ1v) is 10.9. The van der Waals surface area contributed by atoms with Gasteiger partial charge in [-0.15, -0.1) is 0 Å².